The summed E-state index contributed by atoms with van der Waals surface area (Å²) in [6, 6.07) is 4.69. The second-order valence-corrected chi connectivity index (χ2v) is 7.57. The van der Waals surface area contributed by atoms with Gasteiger partial charge in [0.1, 0.15) is 5.82 Å². The van der Waals surface area contributed by atoms with Crippen LogP contribution in [0.15, 0.2) is 18.2 Å². The van der Waals surface area contributed by atoms with Gasteiger partial charge < -0.3 is 9.84 Å². The van der Waals surface area contributed by atoms with Crippen LogP contribution in [0.1, 0.15) is 42.9 Å². The Bertz CT molecular complexity index is 494. The zero-order chi connectivity index (χ0) is 14.9. The normalized spacial score (nSPS) is 26.7. The van der Waals surface area contributed by atoms with Crippen molar-refractivity contribution < 1.29 is 14.2 Å². The van der Waals surface area contributed by atoms with Crippen molar-refractivity contribution in [2.45, 2.75) is 44.3 Å². The smallest absolute Gasteiger partial charge is 0.123 e. The van der Waals surface area contributed by atoms with Crippen molar-refractivity contribution in [2.75, 3.05) is 18.1 Å². The van der Waals surface area contributed by atoms with Gasteiger partial charge in [-0.2, -0.15) is 11.8 Å². The van der Waals surface area contributed by atoms with E-state index in [0.717, 1.165) is 48.3 Å². The number of hydrogen-bond acceptors (Lipinski definition) is 3. The topological polar surface area (TPSA) is 29.5 Å². The highest BCUT2D eigenvalue weighted by Crippen LogP contribution is 2.43. The van der Waals surface area contributed by atoms with E-state index in [4.69, 9.17) is 4.74 Å². The largest absolute Gasteiger partial charge is 0.388 e. The van der Waals surface area contributed by atoms with Gasteiger partial charge in [0.15, 0.2) is 0 Å². The molecule has 2 fully saturated rings. The van der Waals surface area contributed by atoms with Crippen molar-refractivity contribution in [3.8, 4) is 0 Å². The molecule has 0 bridgehead atoms. The van der Waals surface area contributed by atoms with Gasteiger partial charge in [-0.05, 0) is 73.3 Å². The van der Waals surface area contributed by atoms with E-state index in [2.05, 4.69) is 0 Å². The molecule has 1 aromatic carbocycles. The lowest BCUT2D eigenvalue weighted by Crippen LogP contribution is -2.44. The molecular formula is C17H23FO2S. The van der Waals surface area contributed by atoms with E-state index in [1.807, 2.05) is 18.7 Å². The number of halogens is 1. The van der Waals surface area contributed by atoms with Crippen LogP contribution < -0.4 is 0 Å². The predicted octanol–water partition coefficient (Wildman–Crippen LogP) is 3.86. The molecule has 0 aromatic heterocycles. The Morgan fingerprint density at radius 1 is 1.38 bits per heavy atom. The maximum Gasteiger partial charge on any atom is 0.123 e. The molecule has 0 saturated carbocycles. The van der Waals surface area contributed by atoms with Crippen LogP contribution in [0.4, 0.5) is 4.39 Å². The second-order valence-electron chi connectivity index (χ2n) is 6.34. The average molecular weight is 310 g/mol. The van der Waals surface area contributed by atoms with E-state index in [1.165, 1.54) is 12.1 Å². The molecule has 116 valence electrons. The van der Waals surface area contributed by atoms with Gasteiger partial charge in [-0.3, -0.25) is 0 Å². The Balaban J connectivity index is 1.77. The summed E-state index contributed by atoms with van der Waals surface area (Å²) in [6.45, 7) is 2.64. The van der Waals surface area contributed by atoms with Crippen LogP contribution in [0.2, 0.25) is 0 Å². The minimum atomic E-state index is -0.587. The summed E-state index contributed by atoms with van der Waals surface area (Å²) in [5, 5.41) is 10.7. The quantitative estimate of drug-likeness (QED) is 0.899. The van der Waals surface area contributed by atoms with Crippen molar-refractivity contribution in [1.82, 2.24) is 0 Å². The van der Waals surface area contributed by atoms with Crippen LogP contribution in [0.25, 0.3) is 0 Å². The highest BCUT2D eigenvalue weighted by Gasteiger charge is 2.41. The van der Waals surface area contributed by atoms with E-state index in [1.54, 1.807) is 6.07 Å². The fraction of sp³-hybridized carbons (Fsp3) is 0.647. The first kappa shape index (κ1) is 15.3. The summed E-state index contributed by atoms with van der Waals surface area (Å²) in [5.74, 6) is 2.18. The van der Waals surface area contributed by atoms with E-state index < -0.39 is 6.10 Å². The fourth-order valence-electron chi connectivity index (χ4n) is 3.61. The lowest BCUT2D eigenvalue weighted by molar-refractivity contribution is -0.121. The molecule has 2 heterocycles. The molecule has 1 spiro atoms. The number of aliphatic hydroxyl groups is 1. The predicted molar refractivity (Wildman–Crippen MR) is 84.1 cm³/mol. The van der Waals surface area contributed by atoms with E-state index in [9.17, 15) is 9.50 Å². The zero-order valence-corrected chi connectivity index (χ0v) is 13.3. The number of thioether (sulfide) groups is 1. The molecule has 2 saturated heterocycles. The Morgan fingerprint density at radius 3 is 2.90 bits per heavy atom. The maximum absolute atomic E-state index is 13.5. The third-order valence-electron chi connectivity index (χ3n) is 4.94. The van der Waals surface area contributed by atoms with Crippen LogP contribution >= 0.6 is 11.8 Å². The maximum atomic E-state index is 13.5. The van der Waals surface area contributed by atoms with E-state index >= 15 is 0 Å². The molecule has 0 radical (unpaired) electrons. The monoisotopic (exact) mass is 310 g/mol. The molecule has 2 aliphatic rings. The van der Waals surface area contributed by atoms with Crippen LogP contribution in [0, 0.1) is 18.7 Å². The molecule has 2 unspecified atom stereocenters. The molecular weight excluding hydrogens is 287 g/mol. The van der Waals surface area contributed by atoms with Gasteiger partial charge in [-0.25, -0.2) is 4.39 Å². The number of aryl methyl sites for hydroxylation is 1. The van der Waals surface area contributed by atoms with Crippen molar-refractivity contribution in [3.63, 3.8) is 0 Å². The third kappa shape index (κ3) is 3.27. The summed E-state index contributed by atoms with van der Waals surface area (Å²) in [5.41, 5.74) is 1.65. The minimum absolute atomic E-state index is 0.0453. The number of hydrogen-bond donors (Lipinski definition) is 1. The van der Waals surface area contributed by atoms with Crippen LogP contribution in [-0.4, -0.2) is 28.8 Å². The molecule has 1 aromatic rings. The van der Waals surface area contributed by atoms with Gasteiger partial charge in [0, 0.05) is 6.61 Å². The molecule has 2 aliphatic heterocycles. The van der Waals surface area contributed by atoms with Gasteiger partial charge >= 0.3 is 0 Å². The zero-order valence-electron chi connectivity index (χ0n) is 12.5. The standard InChI is InChI=1S/C17H23FO2S/c1-12-2-3-14(18)10-15(12)16(19)13-4-7-20-17(11-13)5-8-21-9-6-17/h2-3,10,13,16,19H,4-9,11H2,1H3. The van der Waals surface area contributed by atoms with Gasteiger partial charge in [0.05, 0.1) is 11.7 Å². The molecule has 0 amide bonds. The van der Waals surface area contributed by atoms with Gasteiger partial charge in [-0.15, -0.1) is 0 Å². The second kappa shape index (κ2) is 6.27. The van der Waals surface area contributed by atoms with Gasteiger partial charge in [0.25, 0.3) is 0 Å². The number of ether oxygens (including phenoxy) is 1. The molecule has 2 nitrogen and oxygen atoms in total. The fourth-order valence-corrected chi connectivity index (χ4v) is 4.85. The molecule has 2 atom stereocenters. The molecule has 21 heavy (non-hydrogen) atoms. The van der Waals surface area contributed by atoms with E-state index in [0.29, 0.717) is 6.61 Å². The molecule has 4 heteroatoms. The SMILES string of the molecule is Cc1ccc(F)cc1C(O)C1CCOC2(CCSCC2)C1. The van der Waals surface area contributed by atoms with Crippen molar-refractivity contribution >= 4 is 11.8 Å². The van der Waals surface area contributed by atoms with Crippen molar-refractivity contribution in [3.05, 3.63) is 35.1 Å². The number of rotatable bonds is 2. The molecule has 0 aliphatic carbocycles. The first-order chi connectivity index (χ1) is 10.1. The Kier molecular flexibility index (Phi) is 4.57. The van der Waals surface area contributed by atoms with Crippen LogP contribution in [0.3, 0.4) is 0 Å². The number of aliphatic hydroxyl groups excluding tert-OH is 1. The van der Waals surface area contributed by atoms with Crippen molar-refractivity contribution in [2.24, 2.45) is 5.92 Å². The Morgan fingerprint density at radius 2 is 2.14 bits per heavy atom. The summed E-state index contributed by atoms with van der Waals surface area (Å²) in [6.07, 6.45) is 3.30. The van der Waals surface area contributed by atoms with Gasteiger partial charge in [-0.1, -0.05) is 6.07 Å². The number of benzene rings is 1. The molecule has 3 rings (SSSR count). The third-order valence-corrected chi connectivity index (χ3v) is 5.93. The molecule has 1 N–H and O–H groups in total. The first-order valence-corrected chi connectivity index (χ1v) is 8.91. The first-order valence-electron chi connectivity index (χ1n) is 7.75. The van der Waals surface area contributed by atoms with Crippen LogP contribution in [-0.2, 0) is 4.74 Å². The average Bonchev–Trinajstić information content (AvgIpc) is 2.50. The van der Waals surface area contributed by atoms with Gasteiger partial charge in [0.2, 0.25) is 0 Å². The summed E-state index contributed by atoms with van der Waals surface area (Å²) >= 11 is 1.98. The van der Waals surface area contributed by atoms with E-state index in [-0.39, 0.29) is 17.3 Å². The summed E-state index contributed by atoms with van der Waals surface area (Å²) < 4.78 is 19.6. The highest BCUT2D eigenvalue weighted by atomic mass is 32.2. The lowest BCUT2D eigenvalue weighted by atomic mass is 9.77. The minimum Gasteiger partial charge on any atom is -0.388 e. The Hall–Kier alpha value is -0.580. The lowest BCUT2D eigenvalue weighted by Gasteiger charge is -2.44. The Labute approximate surface area is 130 Å². The highest BCUT2D eigenvalue weighted by molar-refractivity contribution is 7.99. The summed E-state index contributed by atoms with van der Waals surface area (Å²) in [4.78, 5) is 0. The summed E-state index contributed by atoms with van der Waals surface area (Å²) in [7, 11) is 0. The van der Waals surface area contributed by atoms with Crippen LogP contribution in [0.5, 0.6) is 0 Å². The van der Waals surface area contributed by atoms with Crippen molar-refractivity contribution in [1.29, 1.82) is 0 Å².